The molecule has 0 amide bonds. The maximum atomic E-state index is 8.83. The molecule has 78 valence electrons. The van der Waals surface area contributed by atoms with Crippen molar-refractivity contribution in [3.05, 3.63) is 21.4 Å². The lowest BCUT2D eigenvalue weighted by Gasteiger charge is -2.04. The van der Waals surface area contributed by atoms with Crippen molar-refractivity contribution in [2.75, 3.05) is 14.1 Å². The molecule has 1 aromatic heterocycles. The normalized spacial score (nSPS) is 10.3. The summed E-state index contributed by atoms with van der Waals surface area (Å²) >= 11 is 8.98. The van der Waals surface area contributed by atoms with Crippen molar-refractivity contribution in [3.8, 4) is 6.07 Å². The van der Waals surface area contributed by atoms with E-state index in [-0.39, 0.29) is 10.8 Å². The molecular formula is C9H8BrClN4. The molecule has 4 nitrogen and oxygen atoms in total. The highest BCUT2D eigenvalue weighted by Gasteiger charge is 2.07. The van der Waals surface area contributed by atoms with Crippen LogP contribution in [-0.4, -0.2) is 30.3 Å². The van der Waals surface area contributed by atoms with Gasteiger partial charge in [-0.15, -0.1) is 0 Å². The number of aliphatic imine (C=N–C) groups is 1. The number of hydrogen-bond acceptors (Lipinski definition) is 3. The van der Waals surface area contributed by atoms with Gasteiger partial charge < -0.3 is 4.90 Å². The molecular weight excluding hydrogens is 279 g/mol. The second-order valence-corrected chi connectivity index (χ2v) is 4.16. The molecule has 0 saturated heterocycles. The van der Waals surface area contributed by atoms with E-state index in [2.05, 4.69) is 25.9 Å². The van der Waals surface area contributed by atoms with Gasteiger partial charge in [0.05, 0.1) is 10.8 Å². The molecule has 6 heteroatoms. The van der Waals surface area contributed by atoms with E-state index in [1.165, 1.54) is 0 Å². The summed E-state index contributed by atoms with van der Waals surface area (Å²) in [5.74, 6) is 0. The minimum Gasteiger partial charge on any atom is -0.369 e. The number of nitrogens with zero attached hydrogens (tertiary/aromatic N) is 4. The summed E-state index contributed by atoms with van der Waals surface area (Å²) in [6.45, 7) is 0. The van der Waals surface area contributed by atoms with Crippen LogP contribution in [0.25, 0.3) is 0 Å². The lowest BCUT2D eigenvalue weighted by atomic mass is 10.3. The van der Waals surface area contributed by atoms with Gasteiger partial charge in [0.15, 0.2) is 5.69 Å². The van der Waals surface area contributed by atoms with Crippen LogP contribution in [0.1, 0.15) is 5.69 Å². The molecule has 0 saturated carbocycles. The third kappa shape index (κ3) is 3.18. The minimum absolute atomic E-state index is 0.210. The molecule has 1 heterocycles. The molecule has 15 heavy (non-hydrogen) atoms. The van der Waals surface area contributed by atoms with Gasteiger partial charge in [-0.1, -0.05) is 11.6 Å². The first-order chi connectivity index (χ1) is 7.04. The zero-order chi connectivity index (χ0) is 11.4. The van der Waals surface area contributed by atoms with Crippen molar-refractivity contribution in [1.82, 2.24) is 9.88 Å². The van der Waals surface area contributed by atoms with E-state index in [0.29, 0.717) is 10.2 Å². The standard InChI is InChI=1S/C9H8BrClN4/c1-15(2)5-13-7-3-6(10)9(11)14-8(7)4-12/h3,5H,1-2H3. The summed E-state index contributed by atoms with van der Waals surface area (Å²) < 4.78 is 0.620. The second-order valence-electron chi connectivity index (χ2n) is 2.95. The Morgan fingerprint density at radius 3 is 2.87 bits per heavy atom. The van der Waals surface area contributed by atoms with Crippen LogP contribution < -0.4 is 0 Å². The fraction of sp³-hybridized carbons (Fsp3) is 0.222. The van der Waals surface area contributed by atoms with Crippen LogP contribution >= 0.6 is 27.5 Å². The lowest BCUT2D eigenvalue weighted by Crippen LogP contribution is -2.07. The smallest absolute Gasteiger partial charge is 0.167 e. The van der Waals surface area contributed by atoms with Crippen LogP contribution in [0.15, 0.2) is 15.5 Å². The van der Waals surface area contributed by atoms with Gasteiger partial charge >= 0.3 is 0 Å². The molecule has 0 atom stereocenters. The first-order valence-electron chi connectivity index (χ1n) is 4.01. The first kappa shape index (κ1) is 12.0. The Labute approximate surface area is 101 Å². The van der Waals surface area contributed by atoms with E-state index in [4.69, 9.17) is 16.9 Å². The number of hydrogen-bond donors (Lipinski definition) is 0. The van der Waals surface area contributed by atoms with Crippen LogP contribution in [0, 0.1) is 11.3 Å². The molecule has 0 aromatic carbocycles. The van der Waals surface area contributed by atoms with Crippen molar-refractivity contribution in [2.24, 2.45) is 4.99 Å². The Kier molecular flexibility index (Phi) is 4.06. The van der Waals surface area contributed by atoms with Gasteiger partial charge in [-0.3, -0.25) is 0 Å². The largest absolute Gasteiger partial charge is 0.369 e. The fourth-order valence-electron chi connectivity index (χ4n) is 0.815. The van der Waals surface area contributed by atoms with Crippen molar-refractivity contribution in [1.29, 1.82) is 5.26 Å². The van der Waals surface area contributed by atoms with E-state index in [0.717, 1.165) is 0 Å². The van der Waals surface area contributed by atoms with Gasteiger partial charge in [0.25, 0.3) is 0 Å². The highest BCUT2D eigenvalue weighted by molar-refractivity contribution is 9.10. The monoisotopic (exact) mass is 286 g/mol. The number of nitriles is 1. The Bertz CT molecular complexity index is 436. The van der Waals surface area contributed by atoms with Crippen LogP contribution in [0.4, 0.5) is 5.69 Å². The average Bonchev–Trinajstić information content (AvgIpc) is 2.19. The average molecular weight is 288 g/mol. The van der Waals surface area contributed by atoms with Gasteiger partial charge in [-0.05, 0) is 22.0 Å². The summed E-state index contributed by atoms with van der Waals surface area (Å²) in [7, 11) is 3.68. The van der Waals surface area contributed by atoms with E-state index < -0.39 is 0 Å². The molecule has 0 unspecified atom stereocenters. The SMILES string of the molecule is CN(C)C=Nc1cc(Br)c(Cl)nc1C#N. The van der Waals surface area contributed by atoms with E-state index in [9.17, 15) is 0 Å². The van der Waals surface area contributed by atoms with Gasteiger partial charge in [0.1, 0.15) is 16.9 Å². The van der Waals surface area contributed by atoms with Gasteiger partial charge in [-0.25, -0.2) is 9.98 Å². The van der Waals surface area contributed by atoms with Gasteiger partial charge in [0.2, 0.25) is 0 Å². The summed E-state index contributed by atoms with van der Waals surface area (Å²) in [6.07, 6.45) is 1.60. The third-order valence-electron chi connectivity index (χ3n) is 1.45. The fourth-order valence-corrected chi connectivity index (χ4v) is 1.26. The highest BCUT2D eigenvalue weighted by atomic mass is 79.9. The van der Waals surface area contributed by atoms with Crippen LogP contribution in [0.2, 0.25) is 5.15 Å². The maximum absolute atomic E-state index is 8.83. The Morgan fingerprint density at radius 2 is 2.33 bits per heavy atom. The maximum Gasteiger partial charge on any atom is 0.167 e. The molecule has 0 aliphatic rings. The first-order valence-corrected chi connectivity index (χ1v) is 5.18. The third-order valence-corrected chi connectivity index (χ3v) is 2.57. The van der Waals surface area contributed by atoms with Crippen molar-refractivity contribution in [3.63, 3.8) is 0 Å². The van der Waals surface area contributed by atoms with Gasteiger partial charge in [0, 0.05) is 14.1 Å². The predicted molar refractivity (Wildman–Crippen MR) is 63.5 cm³/mol. The Hall–Kier alpha value is -1.12. The lowest BCUT2D eigenvalue weighted by molar-refractivity contribution is 0.643. The number of halogens is 2. The molecule has 1 rings (SSSR count). The van der Waals surface area contributed by atoms with Crippen molar-refractivity contribution >= 4 is 39.6 Å². The second kappa shape index (κ2) is 5.10. The summed E-state index contributed by atoms with van der Waals surface area (Å²) in [6, 6.07) is 3.60. The molecule has 0 bridgehead atoms. The molecule has 0 fully saturated rings. The highest BCUT2D eigenvalue weighted by Crippen LogP contribution is 2.27. The van der Waals surface area contributed by atoms with Crippen molar-refractivity contribution in [2.45, 2.75) is 0 Å². The van der Waals surface area contributed by atoms with E-state index >= 15 is 0 Å². The summed E-state index contributed by atoms with van der Waals surface area (Å²) in [5, 5.41) is 9.08. The number of rotatable bonds is 2. The van der Waals surface area contributed by atoms with Crippen LogP contribution in [-0.2, 0) is 0 Å². The quantitative estimate of drug-likeness (QED) is 0.477. The minimum atomic E-state index is 0.210. The molecule has 0 spiro atoms. The molecule has 1 aromatic rings. The van der Waals surface area contributed by atoms with Crippen LogP contribution in [0.3, 0.4) is 0 Å². The number of pyridine rings is 1. The van der Waals surface area contributed by atoms with Crippen molar-refractivity contribution < 1.29 is 0 Å². The topological polar surface area (TPSA) is 52.3 Å². The van der Waals surface area contributed by atoms with Crippen LogP contribution in [0.5, 0.6) is 0 Å². The number of aromatic nitrogens is 1. The Balaban J connectivity index is 3.18. The van der Waals surface area contributed by atoms with E-state index in [1.807, 2.05) is 20.2 Å². The van der Waals surface area contributed by atoms with Gasteiger partial charge in [-0.2, -0.15) is 5.26 Å². The predicted octanol–water partition coefficient (Wildman–Crippen LogP) is 2.59. The summed E-state index contributed by atoms with van der Waals surface area (Å²) in [4.78, 5) is 9.77. The zero-order valence-electron chi connectivity index (χ0n) is 8.20. The molecule has 0 radical (unpaired) electrons. The zero-order valence-corrected chi connectivity index (χ0v) is 10.5. The Morgan fingerprint density at radius 1 is 1.67 bits per heavy atom. The molecule has 0 N–H and O–H groups in total. The molecule has 0 aliphatic heterocycles. The van der Waals surface area contributed by atoms with E-state index in [1.54, 1.807) is 17.3 Å². The molecule has 0 aliphatic carbocycles. The summed E-state index contributed by atoms with van der Waals surface area (Å²) in [5.41, 5.74) is 0.698.